The number of sulfonamides is 1. The maximum absolute atomic E-state index is 12.2. The second-order valence-corrected chi connectivity index (χ2v) is 6.57. The molecule has 0 bridgehead atoms. The molecule has 1 aromatic carbocycles. The van der Waals surface area contributed by atoms with Crippen LogP contribution in [0.25, 0.3) is 0 Å². The number of aryl methyl sites for hydroxylation is 1. The van der Waals surface area contributed by atoms with Crippen molar-refractivity contribution >= 4 is 27.2 Å². The van der Waals surface area contributed by atoms with Gasteiger partial charge in [-0.3, -0.25) is 0 Å². The Morgan fingerprint density at radius 3 is 2.50 bits per heavy atom. The molecule has 18 heavy (non-hydrogen) atoms. The third-order valence-electron chi connectivity index (χ3n) is 2.68. The van der Waals surface area contributed by atoms with E-state index in [1.807, 2.05) is 31.2 Å². The van der Waals surface area contributed by atoms with Gasteiger partial charge in [0.1, 0.15) is 0 Å². The fourth-order valence-corrected chi connectivity index (χ4v) is 3.51. The predicted molar refractivity (Wildman–Crippen MR) is 77.8 cm³/mol. The van der Waals surface area contributed by atoms with E-state index < -0.39 is 10.0 Å². The van der Waals surface area contributed by atoms with E-state index in [-0.39, 0.29) is 17.3 Å². The molecule has 2 N–H and O–H groups in total. The lowest BCUT2D eigenvalue weighted by molar-refractivity contribution is 0.467. The summed E-state index contributed by atoms with van der Waals surface area (Å²) in [5.41, 5.74) is 7.18. The molecule has 0 fully saturated rings. The van der Waals surface area contributed by atoms with Crippen molar-refractivity contribution in [3.05, 3.63) is 35.4 Å². The van der Waals surface area contributed by atoms with Crippen molar-refractivity contribution in [1.82, 2.24) is 4.31 Å². The molecule has 0 radical (unpaired) electrons. The van der Waals surface area contributed by atoms with Crippen LogP contribution in [0, 0.1) is 6.92 Å². The van der Waals surface area contributed by atoms with Crippen molar-refractivity contribution < 1.29 is 8.42 Å². The zero-order valence-corrected chi connectivity index (χ0v) is 12.2. The van der Waals surface area contributed by atoms with Crippen LogP contribution >= 0.6 is 12.2 Å². The lowest BCUT2D eigenvalue weighted by Crippen LogP contribution is -2.38. The third-order valence-corrected chi connectivity index (χ3v) is 4.66. The van der Waals surface area contributed by atoms with E-state index in [2.05, 4.69) is 0 Å². The van der Waals surface area contributed by atoms with E-state index in [0.717, 1.165) is 11.1 Å². The Hall–Kier alpha value is -0.980. The highest BCUT2D eigenvalue weighted by Gasteiger charge is 2.22. The van der Waals surface area contributed by atoms with Gasteiger partial charge in [-0.1, -0.05) is 43.4 Å². The average molecular weight is 286 g/mol. The fraction of sp³-hybridized carbons (Fsp3) is 0.417. The van der Waals surface area contributed by atoms with Crippen LogP contribution in [0.5, 0.6) is 0 Å². The Kier molecular flexibility index (Phi) is 5.25. The molecule has 0 aliphatic rings. The van der Waals surface area contributed by atoms with E-state index >= 15 is 0 Å². The Balaban J connectivity index is 2.93. The van der Waals surface area contributed by atoms with Gasteiger partial charge in [-0.05, 0) is 18.1 Å². The smallest absolute Gasteiger partial charge is 0.218 e. The van der Waals surface area contributed by atoms with Crippen molar-refractivity contribution in [2.45, 2.75) is 19.6 Å². The molecule has 0 saturated heterocycles. The predicted octanol–water partition coefficient (Wildman–Crippen LogP) is 1.43. The summed E-state index contributed by atoms with van der Waals surface area (Å²) in [6.07, 6.45) is 0. The molecule has 0 aliphatic heterocycles. The van der Waals surface area contributed by atoms with Gasteiger partial charge in [0.25, 0.3) is 0 Å². The number of thiocarbonyl (C=S) groups is 1. The van der Waals surface area contributed by atoms with Crippen LogP contribution in [0.4, 0.5) is 0 Å². The summed E-state index contributed by atoms with van der Waals surface area (Å²) in [5, 5.41) is 0. The van der Waals surface area contributed by atoms with Gasteiger partial charge in [0.15, 0.2) is 0 Å². The Labute approximate surface area is 114 Å². The third kappa shape index (κ3) is 4.04. The minimum absolute atomic E-state index is 0.0177. The van der Waals surface area contributed by atoms with E-state index in [9.17, 15) is 8.42 Å². The summed E-state index contributed by atoms with van der Waals surface area (Å²) in [7, 11) is -3.38. The summed E-state index contributed by atoms with van der Waals surface area (Å²) in [6.45, 7) is 4.13. The van der Waals surface area contributed by atoms with Crippen LogP contribution in [0.1, 0.15) is 18.1 Å². The van der Waals surface area contributed by atoms with Gasteiger partial charge in [-0.15, -0.1) is 0 Å². The van der Waals surface area contributed by atoms with Gasteiger partial charge in [0, 0.05) is 6.54 Å². The number of nitrogens with two attached hydrogens (primary N) is 1. The highest BCUT2D eigenvalue weighted by Crippen LogP contribution is 2.14. The number of rotatable bonds is 6. The zero-order valence-electron chi connectivity index (χ0n) is 10.6. The molecule has 0 unspecified atom stereocenters. The largest absolute Gasteiger partial charge is 0.392 e. The number of hydrogen-bond donors (Lipinski definition) is 1. The van der Waals surface area contributed by atoms with Gasteiger partial charge < -0.3 is 5.73 Å². The fourth-order valence-electron chi connectivity index (χ4n) is 1.64. The molecule has 0 atom stereocenters. The first kappa shape index (κ1) is 15.1. The summed E-state index contributed by atoms with van der Waals surface area (Å²) in [4.78, 5) is 0.185. The van der Waals surface area contributed by atoms with Gasteiger partial charge >= 0.3 is 0 Å². The first-order chi connectivity index (χ1) is 8.36. The van der Waals surface area contributed by atoms with E-state index in [0.29, 0.717) is 6.54 Å². The van der Waals surface area contributed by atoms with Crippen LogP contribution in [-0.2, 0) is 15.8 Å². The molecule has 0 saturated carbocycles. The van der Waals surface area contributed by atoms with Crippen molar-refractivity contribution in [2.24, 2.45) is 5.73 Å². The maximum atomic E-state index is 12.2. The summed E-state index contributed by atoms with van der Waals surface area (Å²) in [5.74, 6) is -0.0177. The first-order valence-electron chi connectivity index (χ1n) is 5.67. The molecular weight excluding hydrogens is 268 g/mol. The van der Waals surface area contributed by atoms with Crippen LogP contribution in [0.3, 0.4) is 0 Å². The maximum Gasteiger partial charge on any atom is 0.218 e. The SMILES string of the molecule is CCN(CC(N)=S)S(=O)(=O)Cc1ccccc1C. The minimum atomic E-state index is -3.38. The molecule has 0 heterocycles. The molecule has 0 aliphatic carbocycles. The number of nitrogens with zero attached hydrogens (tertiary/aromatic N) is 1. The van der Waals surface area contributed by atoms with Crippen molar-refractivity contribution in [3.8, 4) is 0 Å². The summed E-state index contributed by atoms with van der Waals surface area (Å²) in [6, 6.07) is 7.44. The minimum Gasteiger partial charge on any atom is -0.392 e. The molecule has 100 valence electrons. The Bertz CT molecular complexity index is 527. The monoisotopic (exact) mass is 286 g/mol. The van der Waals surface area contributed by atoms with Crippen molar-refractivity contribution in [1.29, 1.82) is 0 Å². The summed E-state index contributed by atoms with van der Waals surface area (Å²) >= 11 is 4.77. The lowest BCUT2D eigenvalue weighted by atomic mass is 10.1. The molecule has 1 rings (SSSR count). The van der Waals surface area contributed by atoms with Crippen LogP contribution in [0.15, 0.2) is 24.3 Å². The normalized spacial score (nSPS) is 11.7. The molecule has 4 nitrogen and oxygen atoms in total. The Morgan fingerprint density at radius 2 is 2.00 bits per heavy atom. The number of benzene rings is 1. The van der Waals surface area contributed by atoms with Crippen molar-refractivity contribution in [3.63, 3.8) is 0 Å². The van der Waals surface area contributed by atoms with Crippen LogP contribution < -0.4 is 5.73 Å². The number of hydrogen-bond acceptors (Lipinski definition) is 3. The second kappa shape index (κ2) is 6.26. The second-order valence-electron chi connectivity index (χ2n) is 4.08. The van der Waals surface area contributed by atoms with Crippen molar-refractivity contribution in [2.75, 3.05) is 13.1 Å². The van der Waals surface area contributed by atoms with E-state index in [1.54, 1.807) is 6.92 Å². The Morgan fingerprint density at radius 1 is 1.39 bits per heavy atom. The molecule has 0 spiro atoms. The molecular formula is C12H18N2O2S2. The zero-order chi connectivity index (χ0) is 13.8. The van der Waals surface area contributed by atoms with Crippen LogP contribution in [0.2, 0.25) is 0 Å². The van der Waals surface area contributed by atoms with Crippen LogP contribution in [-0.4, -0.2) is 30.8 Å². The molecule has 0 amide bonds. The average Bonchev–Trinajstić information content (AvgIpc) is 2.28. The topological polar surface area (TPSA) is 63.4 Å². The standard InChI is InChI=1S/C12H18N2O2S2/c1-3-14(8-12(13)17)18(15,16)9-11-7-5-4-6-10(11)2/h4-7H,3,8-9H2,1-2H3,(H2,13,17). The van der Waals surface area contributed by atoms with E-state index in [1.165, 1.54) is 4.31 Å². The highest BCUT2D eigenvalue weighted by molar-refractivity contribution is 7.88. The van der Waals surface area contributed by atoms with Gasteiger partial charge in [0.05, 0.1) is 17.3 Å². The quantitative estimate of drug-likeness (QED) is 0.804. The van der Waals surface area contributed by atoms with Gasteiger partial charge in [0.2, 0.25) is 10.0 Å². The molecule has 1 aromatic rings. The first-order valence-corrected chi connectivity index (χ1v) is 7.69. The van der Waals surface area contributed by atoms with Gasteiger partial charge in [-0.2, -0.15) is 4.31 Å². The van der Waals surface area contributed by atoms with E-state index in [4.69, 9.17) is 18.0 Å². The number of likely N-dealkylation sites (N-methyl/N-ethyl adjacent to an activating group) is 1. The summed E-state index contributed by atoms with van der Waals surface area (Å²) < 4.78 is 25.8. The highest BCUT2D eigenvalue weighted by atomic mass is 32.2. The molecule has 6 heteroatoms. The lowest BCUT2D eigenvalue weighted by Gasteiger charge is -2.20. The van der Waals surface area contributed by atoms with Gasteiger partial charge in [-0.25, -0.2) is 8.42 Å². The molecule has 0 aromatic heterocycles.